The third kappa shape index (κ3) is 8.08. The maximum absolute atomic E-state index is 12.3. The highest BCUT2D eigenvalue weighted by Crippen LogP contribution is 2.15. The zero-order valence-corrected chi connectivity index (χ0v) is 19.0. The molecule has 0 radical (unpaired) electrons. The summed E-state index contributed by atoms with van der Waals surface area (Å²) < 4.78 is 0. The lowest BCUT2D eigenvalue weighted by Crippen LogP contribution is -2.32. The number of carbonyl (C=O) groups excluding carboxylic acids is 1. The van der Waals surface area contributed by atoms with Crippen molar-refractivity contribution in [3.8, 4) is 0 Å². The van der Waals surface area contributed by atoms with Crippen molar-refractivity contribution in [1.82, 2.24) is 14.9 Å². The van der Waals surface area contributed by atoms with Gasteiger partial charge in [-0.1, -0.05) is 31.0 Å². The molecule has 2 aromatic rings. The van der Waals surface area contributed by atoms with Crippen LogP contribution in [0.15, 0.2) is 53.8 Å². The Balaban J connectivity index is 1.99. The number of nitrogens with one attached hydrogen (secondary N) is 2. The first-order valence-electron chi connectivity index (χ1n) is 10.5. The van der Waals surface area contributed by atoms with Crippen LogP contribution in [-0.4, -0.2) is 53.9 Å². The van der Waals surface area contributed by atoms with Crippen LogP contribution in [0.2, 0.25) is 0 Å². The second-order valence-corrected chi connectivity index (χ2v) is 7.36. The van der Waals surface area contributed by atoms with E-state index in [0.29, 0.717) is 18.3 Å². The molecule has 0 saturated heterocycles. The van der Waals surface area contributed by atoms with Crippen molar-refractivity contribution in [3.63, 3.8) is 0 Å². The minimum atomic E-state index is -0.182. The molecule has 0 spiro atoms. The van der Waals surface area contributed by atoms with Crippen LogP contribution in [0, 0.1) is 6.92 Å². The average Bonchev–Trinajstić information content (AvgIpc) is 2.75. The lowest BCUT2D eigenvalue weighted by Gasteiger charge is -2.18. The van der Waals surface area contributed by atoms with Crippen LogP contribution in [0.1, 0.15) is 32.3 Å². The van der Waals surface area contributed by atoms with Gasteiger partial charge in [0.2, 0.25) is 5.95 Å². The van der Waals surface area contributed by atoms with Gasteiger partial charge in [-0.3, -0.25) is 10.3 Å². The lowest BCUT2D eigenvalue weighted by atomic mass is 10.2. The molecule has 0 aliphatic heterocycles. The number of carbonyl (C=O) groups is 1. The third-order valence-corrected chi connectivity index (χ3v) is 4.55. The summed E-state index contributed by atoms with van der Waals surface area (Å²) in [7, 11) is 3.52. The number of hydrogen-bond donors (Lipinski definition) is 2. The predicted molar refractivity (Wildman–Crippen MR) is 129 cm³/mol. The lowest BCUT2D eigenvalue weighted by molar-refractivity contribution is 0.222. The van der Waals surface area contributed by atoms with Crippen LogP contribution in [0.25, 0.3) is 0 Å². The minimum absolute atomic E-state index is 0.0450. The summed E-state index contributed by atoms with van der Waals surface area (Å²) >= 11 is 0. The zero-order valence-electron chi connectivity index (χ0n) is 19.0. The van der Waals surface area contributed by atoms with Gasteiger partial charge in [0.05, 0.1) is 6.34 Å². The molecule has 166 valence electrons. The number of aryl methyl sites for hydroxylation is 1. The molecule has 0 aliphatic rings. The fourth-order valence-corrected chi connectivity index (χ4v) is 2.71. The zero-order chi connectivity index (χ0) is 22.6. The second-order valence-electron chi connectivity index (χ2n) is 7.36. The highest BCUT2D eigenvalue weighted by molar-refractivity contribution is 5.88. The minimum Gasteiger partial charge on any atom is -0.348 e. The van der Waals surface area contributed by atoms with Crippen molar-refractivity contribution in [1.29, 1.82) is 0 Å². The molecule has 1 heterocycles. The van der Waals surface area contributed by atoms with E-state index >= 15 is 0 Å². The van der Waals surface area contributed by atoms with Gasteiger partial charge in [-0.15, -0.1) is 0 Å². The number of anilines is 3. The fraction of sp³-hybridized carbons (Fsp3) is 0.391. The largest absolute Gasteiger partial charge is 0.348 e. The molecule has 0 bridgehead atoms. The quantitative estimate of drug-likeness (QED) is 0.433. The van der Waals surface area contributed by atoms with Crippen molar-refractivity contribution in [3.05, 3.63) is 54.4 Å². The van der Waals surface area contributed by atoms with E-state index in [1.165, 1.54) is 5.56 Å². The maximum atomic E-state index is 12.3. The molecule has 8 nitrogen and oxygen atoms in total. The highest BCUT2D eigenvalue weighted by atomic mass is 16.2. The molecule has 2 rings (SSSR count). The van der Waals surface area contributed by atoms with Gasteiger partial charge in [0.1, 0.15) is 5.82 Å². The van der Waals surface area contributed by atoms with Gasteiger partial charge in [-0.2, -0.15) is 4.98 Å². The summed E-state index contributed by atoms with van der Waals surface area (Å²) in [5, 5.41) is 6.04. The van der Waals surface area contributed by atoms with Crippen molar-refractivity contribution >= 4 is 29.8 Å². The van der Waals surface area contributed by atoms with E-state index in [0.717, 1.165) is 18.5 Å². The number of aliphatic imine (C=N–C) groups is 1. The Kier molecular flexibility index (Phi) is 9.48. The van der Waals surface area contributed by atoms with Crippen LogP contribution in [0.3, 0.4) is 0 Å². The molecule has 31 heavy (non-hydrogen) atoms. The molecule has 1 atom stereocenters. The van der Waals surface area contributed by atoms with Gasteiger partial charge in [0.15, 0.2) is 0 Å². The van der Waals surface area contributed by atoms with Gasteiger partial charge in [-0.25, -0.2) is 9.78 Å². The van der Waals surface area contributed by atoms with Crippen LogP contribution in [-0.2, 0) is 0 Å². The van der Waals surface area contributed by atoms with E-state index in [-0.39, 0.29) is 12.1 Å². The molecule has 2 amide bonds. The van der Waals surface area contributed by atoms with Crippen molar-refractivity contribution in [2.24, 2.45) is 4.99 Å². The molecular formula is C23H33N7O. The molecule has 8 heteroatoms. The summed E-state index contributed by atoms with van der Waals surface area (Å²) in [5.74, 6) is 0.902. The van der Waals surface area contributed by atoms with Crippen LogP contribution >= 0.6 is 0 Å². The monoisotopic (exact) mass is 423 g/mol. The van der Waals surface area contributed by atoms with E-state index in [9.17, 15) is 4.79 Å². The van der Waals surface area contributed by atoms with E-state index in [2.05, 4.69) is 51.6 Å². The summed E-state index contributed by atoms with van der Waals surface area (Å²) in [6, 6.07) is 9.67. The number of rotatable bonds is 10. The summed E-state index contributed by atoms with van der Waals surface area (Å²) in [6.07, 6.45) is 9.33. The number of aromatic nitrogens is 2. The molecular weight excluding hydrogens is 390 g/mol. The number of hydrogen-bond acceptors (Lipinski definition) is 5. The number of urea groups is 1. The van der Waals surface area contributed by atoms with Gasteiger partial charge in [0, 0.05) is 44.8 Å². The second kappa shape index (κ2) is 12.3. The molecule has 2 N–H and O–H groups in total. The summed E-state index contributed by atoms with van der Waals surface area (Å²) in [5.41, 5.74) is 2.23. The first-order valence-corrected chi connectivity index (χ1v) is 10.5. The molecule has 1 unspecified atom stereocenters. The Labute approximate surface area is 185 Å². The van der Waals surface area contributed by atoms with Crippen molar-refractivity contribution in [2.75, 3.05) is 36.2 Å². The number of benzene rings is 1. The van der Waals surface area contributed by atoms with Gasteiger partial charge in [-0.05, 0) is 44.5 Å². The van der Waals surface area contributed by atoms with E-state index in [1.54, 1.807) is 37.6 Å². The Morgan fingerprint density at radius 1 is 1.26 bits per heavy atom. The standard InChI is InChI=1S/C23H33N7O/c1-6-7-15-29(5)23(31)28-21-12-14-25-22(27-21)26-19(3)13-16-30(17-24-4)20-10-8-18(2)9-11-20/h8-14,16-17,19H,6-7,15H2,1-5H3,(H2,25,26,27,28,31)/b16-13+,24-17?. The van der Waals surface area contributed by atoms with Crippen molar-refractivity contribution < 1.29 is 4.79 Å². The number of amides is 2. The smallest absolute Gasteiger partial charge is 0.322 e. The first kappa shape index (κ1) is 23.9. The summed E-state index contributed by atoms with van der Waals surface area (Å²) in [6.45, 7) is 6.86. The van der Waals surface area contributed by atoms with Crippen LogP contribution in [0.4, 0.5) is 22.2 Å². The predicted octanol–water partition coefficient (Wildman–Crippen LogP) is 4.53. The molecule has 0 saturated carbocycles. The molecule has 1 aromatic heterocycles. The normalized spacial score (nSPS) is 12.2. The summed E-state index contributed by atoms with van der Waals surface area (Å²) in [4.78, 5) is 28.6. The number of unbranched alkanes of at least 4 members (excludes halogenated alkanes) is 1. The number of nitrogens with zero attached hydrogens (tertiary/aromatic N) is 5. The first-order chi connectivity index (χ1) is 14.9. The van der Waals surface area contributed by atoms with Gasteiger partial charge in [0.25, 0.3) is 0 Å². The van der Waals surface area contributed by atoms with Crippen LogP contribution in [0.5, 0.6) is 0 Å². The molecule has 0 fully saturated rings. The van der Waals surface area contributed by atoms with Gasteiger partial charge >= 0.3 is 6.03 Å². The molecule has 1 aromatic carbocycles. The fourth-order valence-electron chi connectivity index (χ4n) is 2.71. The van der Waals surface area contributed by atoms with E-state index < -0.39 is 0 Å². The van der Waals surface area contributed by atoms with E-state index in [1.807, 2.05) is 36.2 Å². The Morgan fingerprint density at radius 3 is 2.68 bits per heavy atom. The maximum Gasteiger partial charge on any atom is 0.322 e. The van der Waals surface area contributed by atoms with Crippen LogP contribution < -0.4 is 15.5 Å². The Bertz CT molecular complexity index is 880. The Morgan fingerprint density at radius 2 is 2.00 bits per heavy atom. The third-order valence-electron chi connectivity index (χ3n) is 4.55. The topological polar surface area (TPSA) is 85.8 Å². The average molecular weight is 424 g/mol. The molecule has 0 aliphatic carbocycles. The van der Waals surface area contributed by atoms with Crippen molar-refractivity contribution in [2.45, 2.75) is 39.7 Å². The SMILES string of the molecule is CCCCN(C)C(=O)Nc1ccnc(NC(C)/C=C/N(C=NC)c2ccc(C)cc2)n1. The highest BCUT2D eigenvalue weighted by Gasteiger charge is 2.10. The van der Waals surface area contributed by atoms with E-state index in [4.69, 9.17) is 0 Å². The van der Waals surface area contributed by atoms with Gasteiger partial charge < -0.3 is 15.1 Å². The Hall–Kier alpha value is -3.42.